The van der Waals surface area contributed by atoms with Gasteiger partial charge in [0.15, 0.2) is 0 Å². The van der Waals surface area contributed by atoms with Crippen LogP contribution in [0.5, 0.6) is 0 Å². The quantitative estimate of drug-likeness (QED) is 0.509. The lowest BCUT2D eigenvalue weighted by molar-refractivity contribution is 0.854. The highest BCUT2D eigenvalue weighted by Gasteiger charge is 2.53. The van der Waals surface area contributed by atoms with Crippen LogP contribution in [0, 0.1) is 6.92 Å². The van der Waals surface area contributed by atoms with E-state index in [-0.39, 0.29) is 5.04 Å². The van der Waals surface area contributed by atoms with Crippen molar-refractivity contribution in [3.05, 3.63) is 76.9 Å². The van der Waals surface area contributed by atoms with E-state index in [1.54, 1.807) is 21.1 Å². The maximum absolute atomic E-state index is 2.61. The van der Waals surface area contributed by atoms with Crippen LogP contribution in [-0.2, 0) is 0 Å². The van der Waals surface area contributed by atoms with Gasteiger partial charge in [0, 0.05) is 5.04 Å². The molecule has 0 N–H and O–H groups in total. The van der Waals surface area contributed by atoms with Crippen LogP contribution < -0.4 is 15.6 Å². The maximum Gasteiger partial charge on any atom is 0.131 e. The van der Waals surface area contributed by atoms with E-state index in [9.17, 15) is 0 Å². The smallest absolute Gasteiger partial charge is 0.0733 e. The first-order valence-corrected chi connectivity index (χ1v) is 16.7. The van der Waals surface area contributed by atoms with Crippen LogP contribution in [0.4, 0.5) is 0 Å². The topological polar surface area (TPSA) is 0 Å². The Kier molecular flexibility index (Phi) is 5.74. The molecule has 2 heteroatoms. The van der Waals surface area contributed by atoms with Gasteiger partial charge in [-0.15, -0.1) is 0 Å². The molecular weight excluding hydrogens is 380 g/mol. The van der Waals surface area contributed by atoms with Crippen LogP contribution in [0.2, 0.25) is 30.7 Å². The molecule has 0 radical (unpaired) electrons. The van der Waals surface area contributed by atoms with Gasteiger partial charge in [-0.3, -0.25) is 0 Å². The molecule has 0 nitrogen and oxygen atoms in total. The Labute approximate surface area is 180 Å². The van der Waals surface area contributed by atoms with Crippen molar-refractivity contribution in [1.82, 2.24) is 0 Å². The maximum atomic E-state index is 2.61. The zero-order chi connectivity index (χ0) is 21.6. The predicted molar refractivity (Wildman–Crippen MR) is 137 cm³/mol. The van der Waals surface area contributed by atoms with Crippen LogP contribution in [0.15, 0.2) is 71.3 Å². The largest absolute Gasteiger partial charge is 0.131 e. The first kappa shape index (κ1) is 22.0. The van der Waals surface area contributed by atoms with Crippen molar-refractivity contribution < 1.29 is 0 Å². The number of aryl methyl sites for hydroxylation is 1. The molecule has 2 atom stereocenters. The van der Waals surface area contributed by atoms with Gasteiger partial charge in [-0.05, 0) is 33.3 Å². The molecular formula is C27H38Si2. The monoisotopic (exact) mass is 418 g/mol. The van der Waals surface area contributed by atoms with Gasteiger partial charge in [0.1, 0.15) is 8.07 Å². The summed E-state index contributed by atoms with van der Waals surface area (Å²) in [6, 6.07) is 20.2. The van der Waals surface area contributed by atoms with E-state index in [1.807, 2.05) is 0 Å². The first-order chi connectivity index (χ1) is 13.5. The molecule has 29 heavy (non-hydrogen) atoms. The van der Waals surface area contributed by atoms with E-state index in [2.05, 4.69) is 116 Å². The Hall–Kier alpha value is -1.65. The minimum absolute atomic E-state index is 0.0990. The molecule has 2 unspecified atom stereocenters. The molecule has 0 spiro atoms. The third-order valence-corrected chi connectivity index (χ3v) is 15.5. The summed E-state index contributed by atoms with van der Waals surface area (Å²) in [7, 11) is -3.51. The van der Waals surface area contributed by atoms with Gasteiger partial charge in [-0.1, -0.05) is 126 Å². The molecule has 0 heterocycles. The summed E-state index contributed by atoms with van der Waals surface area (Å²) in [5.41, 5.74) is 5.95. The molecule has 0 aliphatic heterocycles. The molecule has 2 aromatic rings. The molecule has 1 aliphatic carbocycles. The van der Waals surface area contributed by atoms with E-state index in [1.165, 1.54) is 22.8 Å². The van der Waals surface area contributed by atoms with Crippen LogP contribution in [-0.4, -0.2) is 16.1 Å². The number of hydrogen-bond acceptors (Lipinski definition) is 0. The Morgan fingerprint density at radius 3 is 1.86 bits per heavy atom. The van der Waals surface area contributed by atoms with Gasteiger partial charge in [0.2, 0.25) is 0 Å². The normalized spacial score (nSPS) is 21.9. The lowest BCUT2D eigenvalue weighted by Crippen LogP contribution is -2.65. The molecule has 0 bridgehead atoms. The van der Waals surface area contributed by atoms with Crippen LogP contribution >= 0.6 is 0 Å². The Morgan fingerprint density at radius 2 is 1.38 bits per heavy atom. The van der Waals surface area contributed by atoms with Crippen molar-refractivity contribution in [1.29, 1.82) is 0 Å². The molecule has 0 saturated carbocycles. The minimum atomic E-state index is -2.11. The molecule has 154 valence electrons. The molecule has 0 saturated heterocycles. The zero-order valence-corrected chi connectivity index (χ0v) is 21.9. The summed E-state index contributed by atoms with van der Waals surface area (Å²) in [5, 5.41) is 4.87. The van der Waals surface area contributed by atoms with Gasteiger partial charge >= 0.3 is 0 Å². The average molecular weight is 419 g/mol. The van der Waals surface area contributed by atoms with Crippen molar-refractivity contribution in [2.75, 3.05) is 0 Å². The fourth-order valence-electron chi connectivity index (χ4n) is 5.51. The SMILES string of the molecule is CC[Si](c1ccccc1)(c1cc(C)cc([Si](C)(C)C)c1)C1(C)C=C(C)C(C)=C1C. The van der Waals surface area contributed by atoms with Gasteiger partial charge in [0.25, 0.3) is 0 Å². The summed E-state index contributed by atoms with van der Waals surface area (Å²) < 4.78 is 0. The molecule has 0 fully saturated rings. The average Bonchev–Trinajstić information content (AvgIpc) is 2.86. The Morgan fingerprint density at radius 1 is 0.793 bits per heavy atom. The minimum Gasteiger partial charge on any atom is -0.0733 e. The number of hydrogen-bond donors (Lipinski definition) is 0. The second-order valence-electron chi connectivity index (χ2n) is 10.2. The molecule has 1 aliphatic rings. The Balaban J connectivity index is 2.43. The lowest BCUT2D eigenvalue weighted by Gasteiger charge is -2.46. The molecule has 0 aromatic heterocycles. The van der Waals surface area contributed by atoms with E-state index in [0.29, 0.717) is 0 Å². The molecule has 3 rings (SSSR count). The van der Waals surface area contributed by atoms with Crippen LogP contribution in [0.3, 0.4) is 0 Å². The van der Waals surface area contributed by atoms with E-state index in [4.69, 9.17) is 0 Å². The number of rotatable bonds is 5. The van der Waals surface area contributed by atoms with Crippen molar-refractivity contribution in [2.24, 2.45) is 0 Å². The van der Waals surface area contributed by atoms with Crippen LogP contribution in [0.1, 0.15) is 40.2 Å². The Bertz CT molecular complexity index is 975. The second-order valence-corrected chi connectivity index (χ2v) is 20.0. The molecule has 0 amide bonds. The second kappa shape index (κ2) is 7.55. The van der Waals surface area contributed by atoms with Crippen LogP contribution in [0.25, 0.3) is 0 Å². The van der Waals surface area contributed by atoms with Crippen molar-refractivity contribution >= 4 is 31.7 Å². The predicted octanol–water partition coefficient (Wildman–Crippen LogP) is 6.18. The summed E-state index contributed by atoms with van der Waals surface area (Å²) in [6.45, 7) is 21.7. The van der Waals surface area contributed by atoms with Gasteiger partial charge in [0.05, 0.1) is 8.07 Å². The third-order valence-electron chi connectivity index (χ3n) is 7.56. The first-order valence-electron chi connectivity index (χ1n) is 11.0. The fourth-order valence-corrected chi connectivity index (χ4v) is 12.9. The lowest BCUT2D eigenvalue weighted by atomic mass is 10.0. The van der Waals surface area contributed by atoms with Gasteiger partial charge in [-0.25, -0.2) is 0 Å². The number of allylic oxidation sites excluding steroid dienone is 4. The standard InChI is InChI=1S/C27H38Si2/c1-10-29(24-14-12-11-13-15-24,27(6)19-21(3)22(4)23(27)5)26-17-20(2)16-25(18-26)28(7,8)9/h11-19H,10H2,1-9H3. The number of benzene rings is 2. The highest BCUT2D eigenvalue weighted by atomic mass is 28.3. The zero-order valence-electron chi connectivity index (χ0n) is 19.9. The third kappa shape index (κ3) is 3.45. The van der Waals surface area contributed by atoms with Crippen molar-refractivity contribution in [3.8, 4) is 0 Å². The van der Waals surface area contributed by atoms with Gasteiger partial charge in [-0.2, -0.15) is 0 Å². The van der Waals surface area contributed by atoms with Gasteiger partial charge < -0.3 is 0 Å². The van der Waals surface area contributed by atoms with E-state index >= 15 is 0 Å². The fraction of sp³-hybridized carbons (Fsp3) is 0.407. The molecule has 2 aromatic carbocycles. The van der Waals surface area contributed by atoms with E-state index < -0.39 is 16.1 Å². The summed E-state index contributed by atoms with van der Waals surface area (Å²) in [5.74, 6) is 0. The van der Waals surface area contributed by atoms with E-state index in [0.717, 1.165) is 0 Å². The summed E-state index contributed by atoms with van der Waals surface area (Å²) >= 11 is 0. The van der Waals surface area contributed by atoms with Crippen molar-refractivity contribution in [3.63, 3.8) is 0 Å². The summed E-state index contributed by atoms with van der Waals surface area (Å²) in [4.78, 5) is 0. The van der Waals surface area contributed by atoms with Crippen molar-refractivity contribution in [2.45, 2.75) is 72.3 Å². The highest BCUT2D eigenvalue weighted by Crippen LogP contribution is 2.54. The summed E-state index contributed by atoms with van der Waals surface area (Å²) in [6.07, 6.45) is 2.61. The highest BCUT2D eigenvalue weighted by molar-refractivity contribution is 7.05.